The van der Waals surface area contributed by atoms with Crippen LogP contribution in [-0.4, -0.2) is 19.1 Å². The largest absolute Gasteiger partial charge is 0.369 e. The SMILES string of the molecule is CCCC1CCN(c2c(F)cccc2CNC2CC2)CC1. The van der Waals surface area contributed by atoms with Gasteiger partial charge in [0.25, 0.3) is 0 Å². The summed E-state index contributed by atoms with van der Waals surface area (Å²) in [6, 6.07) is 6.18. The second-order valence-corrected chi connectivity index (χ2v) is 6.62. The van der Waals surface area contributed by atoms with Gasteiger partial charge in [0.2, 0.25) is 0 Å². The van der Waals surface area contributed by atoms with Crippen molar-refractivity contribution >= 4 is 5.69 Å². The van der Waals surface area contributed by atoms with Gasteiger partial charge in [-0.15, -0.1) is 0 Å². The molecule has 0 amide bonds. The number of nitrogens with zero attached hydrogens (tertiary/aromatic N) is 1. The first-order valence-electron chi connectivity index (χ1n) is 8.53. The minimum absolute atomic E-state index is 0.0564. The van der Waals surface area contributed by atoms with Crippen LogP contribution in [0.2, 0.25) is 0 Å². The van der Waals surface area contributed by atoms with Crippen molar-refractivity contribution in [3.05, 3.63) is 29.6 Å². The molecule has 2 nitrogen and oxygen atoms in total. The summed E-state index contributed by atoms with van der Waals surface area (Å²) < 4.78 is 14.4. The average Bonchev–Trinajstić information content (AvgIpc) is 3.31. The van der Waals surface area contributed by atoms with E-state index in [-0.39, 0.29) is 5.82 Å². The maximum absolute atomic E-state index is 14.4. The van der Waals surface area contributed by atoms with Gasteiger partial charge in [-0.1, -0.05) is 31.9 Å². The highest BCUT2D eigenvalue weighted by Crippen LogP contribution is 2.31. The van der Waals surface area contributed by atoms with Crippen LogP contribution in [0.5, 0.6) is 0 Å². The van der Waals surface area contributed by atoms with Gasteiger partial charge in [0, 0.05) is 25.7 Å². The number of hydrogen-bond acceptors (Lipinski definition) is 2. The van der Waals surface area contributed by atoms with Crippen LogP contribution in [0.1, 0.15) is 51.0 Å². The summed E-state index contributed by atoms with van der Waals surface area (Å²) in [6.45, 7) is 5.06. The van der Waals surface area contributed by atoms with E-state index in [4.69, 9.17) is 0 Å². The molecule has 0 radical (unpaired) electrons. The zero-order valence-corrected chi connectivity index (χ0v) is 13.1. The van der Waals surface area contributed by atoms with E-state index in [2.05, 4.69) is 23.2 Å². The summed E-state index contributed by atoms with van der Waals surface area (Å²) >= 11 is 0. The maximum atomic E-state index is 14.4. The van der Waals surface area contributed by atoms with E-state index in [1.165, 1.54) is 38.5 Å². The molecule has 21 heavy (non-hydrogen) atoms. The molecule has 2 aliphatic rings. The Hall–Kier alpha value is -1.09. The van der Waals surface area contributed by atoms with Crippen LogP contribution >= 0.6 is 0 Å². The van der Waals surface area contributed by atoms with Crippen LogP contribution in [-0.2, 0) is 6.54 Å². The van der Waals surface area contributed by atoms with Crippen molar-refractivity contribution in [1.29, 1.82) is 0 Å². The van der Waals surface area contributed by atoms with E-state index < -0.39 is 0 Å². The van der Waals surface area contributed by atoms with Crippen LogP contribution in [0, 0.1) is 11.7 Å². The third-order valence-electron chi connectivity index (χ3n) is 4.86. The Morgan fingerprint density at radius 2 is 1.95 bits per heavy atom. The van der Waals surface area contributed by atoms with Crippen molar-refractivity contribution in [3.63, 3.8) is 0 Å². The fourth-order valence-corrected chi connectivity index (χ4v) is 3.45. The molecule has 0 aromatic heterocycles. The third kappa shape index (κ3) is 3.76. The Kier molecular flexibility index (Phi) is 4.79. The normalized spacial score (nSPS) is 20.0. The zero-order chi connectivity index (χ0) is 14.7. The Morgan fingerprint density at radius 1 is 1.19 bits per heavy atom. The molecule has 1 heterocycles. The molecule has 1 saturated heterocycles. The Balaban J connectivity index is 1.68. The van der Waals surface area contributed by atoms with Crippen molar-refractivity contribution in [2.24, 2.45) is 5.92 Å². The van der Waals surface area contributed by atoms with Crippen LogP contribution in [0.3, 0.4) is 0 Å². The second-order valence-electron chi connectivity index (χ2n) is 6.62. The first kappa shape index (κ1) is 14.8. The van der Waals surface area contributed by atoms with E-state index in [1.807, 2.05) is 6.07 Å². The first-order chi connectivity index (χ1) is 10.3. The smallest absolute Gasteiger partial charge is 0.146 e. The monoisotopic (exact) mass is 290 g/mol. The highest BCUT2D eigenvalue weighted by molar-refractivity contribution is 5.55. The molecule has 1 aromatic carbocycles. The van der Waals surface area contributed by atoms with E-state index in [0.717, 1.165) is 36.8 Å². The molecule has 3 heteroatoms. The number of anilines is 1. The predicted molar refractivity (Wildman–Crippen MR) is 86.1 cm³/mol. The fourth-order valence-electron chi connectivity index (χ4n) is 3.45. The van der Waals surface area contributed by atoms with Crippen LogP contribution < -0.4 is 10.2 Å². The number of para-hydroxylation sites is 1. The molecule has 2 fully saturated rings. The van der Waals surface area contributed by atoms with E-state index in [1.54, 1.807) is 6.07 Å². The molecule has 1 aliphatic carbocycles. The molecular formula is C18H27FN2. The van der Waals surface area contributed by atoms with Crippen molar-refractivity contribution < 1.29 is 4.39 Å². The van der Waals surface area contributed by atoms with Crippen molar-refractivity contribution in [3.8, 4) is 0 Å². The second kappa shape index (κ2) is 6.78. The fraction of sp³-hybridized carbons (Fsp3) is 0.667. The molecule has 0 atom stereocenters. The lowest BCUT2D eigenvalue weighted by atomic mass is 9.92. The van der Waals surface area contributed by atoms with Gasteiger partial charge in [0.1, 0.15) is 5.82 Å². The van der Waals surface area contributed by atoms with Gasteiger partial charge in [-0.2, -0.15) is 0 Å². The van der Waals surface area contributed by atoms with Gasteiger partial charge in [-0.05, 0) is 43.2 Å². The lowest BCUT2D eigenvalue weighted by Crippen LogP contribution is -2.35. The molecular weight excluding hydrogens is 263 g/mol. The van der Waals surface area contributed by atoms with Crippen LogP contribution in [0.4, 0.5) is 10.1 Å². The Labute approximate surface area is 127 Å². The molecule has 116 valence electrons. The average molecular weight is 290 g/mol. The minimum Gasteiger partial charge on any atom is -0.369 e. The quantitative estimate of drug-likeness (QED) is 0.848. The van der Waals surface area contributed by atoms with Gasteiger partial charge < -0.3 is 10.2 Å². The van der Waals surface area contributed by atoms with E-state index >= 15 is 0 Å². The number of halogens is 1. The minimum atomic E-state index is -0.0564. The third-order valence-corrected chi connectivity index (χ3v) is 4.86. The number of piperidine rings is 1. The van der Waals surface area contributed by atoms with Crippen molar-refractivity contribution in [2.45, 2.75) is 58.0 Å². The molecule has 1 N–H and O–H groups in total. The summed E-state index contributed by atoms with van der Waals surface area (Å²) in [6.07, 6.45) is 7.54. The molecule has 0 unspecified atom stereocenters. The van der Waals surface area contributed by atoms with Crippen LogP contribution in [0.15, 0.2) is 18.2 Å². The molecule has 1 aromatic rings. The van der Waals surface area contributed by atoms with Crippen molar-refractivity contribution in [2.75, 3.05) is 18.0 Å². The molecule has 1 aliphatic heterocycles. The lowest BCUT2D eigenvalue weighted by Gasteiger charge is -2.35. The summed E-state index contributed by atoms with van der Waals surface area (Å²) in [5, 5.41) is 3.52. The summed E-state index contributed by atoms with van der Waals surface area (Å²) in [7, 11) is 0. The summed E-state index contributed by atoms with van der Waals surface area (Å²) in [5.41, 5.74) is 1.97. The zero-order valence-electron chi connectivity index (χ0n) is 13.1. The Morgan fingerprint density at radius 3 is 2.62 bits per heavy atom. The van der Waals surface area contributed by atoms with E-state index in [9.17, 15) is 4.39 Å². The predicted octanol–water partition coefficient (Wildman–Crippen LogP) is 4.09. The summed E-state index contributed by atoms with van der Waals surface area (Å²) in [5.74, 6) is 0.783. The summed E-state index contributed by atoms with van der Waals surface area (Å²) in [4.78, 5) is 2.27. The lowest BCUT2D eigenvalue weighted by molar-refractivity contribution is 0.376. The number of nitrogens with one attached hydrogen (secondary N) is 1. The first-order valence-corrected chi connectivity index (χ1v) is 8.53. The topological polar surface area (TPSA) is 15.3 Å². The Bertz CT molecular complexity index is 462. The molecule has 1 saturated carbocycles. The molecule has 3 rings (SSSR count). The van der Waals surface area contributed by atoms with E-state index in [0.29, 0.717) is 6.04 Å². The van der Waals surface area contributed by atoms with Gasteiger partial charge >= 0.3 is 0 Å². The number of benzene rings is 1. The maximum Gasteiger partial charge on any atom is 0.146 e. The van der Waals surface area contributed by atoms with Crippen molar-refractivity contribution in [1.82, 2.24) is 5.32 Å². The molecule has 0 spiro atoms. The number of hydrogen-bond donors (Lipinski definition) is 1. The van der Waals surface area contributed by atoms with Crippen LogP contribution in [0.25, 0.3) is 0 Å². The number of rotatable bonds is 6. The standard InChI is InChI=1S/C18H27FN2/c1-2-4-14-9-11-21(12-10-14)18-15(5-3-6-17(18)19)13-20-16-7-8-16/h3,5-6,14,16,20H,2,4,7-13H2,1H3. The van der Waals surface area contributed by atoms with Gasteiger partial charge in [0.15, 0.2) is 0 Å². The van der Waals surface area contributed by atoms with Gasteiger partial charge in [-0.3, -0.25) is 0 Å². The van der Waals surface area contributed by atoms with Gasteiger partial charge in [-0.25, -0.2) is 4.39 Å². The van der Waals surface area contributed by atoms with Gasteiger partial charge in [0.05, 0.1) is 5.69 Å². The highest BCUT2D eigenvalue weighted by atomic mass is 19.1. The highest BCUT2D eigenvalue weighted by Gasteiger charge is 2.24. The molecule has 0 bridgehead atoms.